The molecule has 0 fully saturated rings. The summed E-state index contributed by atoms with van der Waals surface area (Å²) in [5, 5.41) is 0.570. The van der Waals surface area contributed by atoms with Crippen LogP contribution in [0, 0.1) is 12.7 Å². The summed E-state index contributed by atoms with van der Waals surface area (Å²) >= 11 is 2.72. The number of hydrogen-bond donors (Lipinski definition) is 0. The zero-order valence-corrected chi connectivity index (χ0v) is 11.9. The lowest BCUT2D eigenvalue weighted by atomic mass is 10.2. The van der Waals surface area contributed by atoms with Crippen LogP contribution in [0.25, 0.3) is 10.6 Å². The standard InChI is InChI=1S/C13H12FNOS2/c1-7-12(8(2)16)18-13(15-7)11-9(14)5-4-6-10(11)17-3/h4-6H,1-3H3. The molecule has 0 atom stereocenters. The van der Waals surface area contributed by atoms with E-state index in [1.165, 1.54) is 36.1 Å². The van der Waals surface area contributed by atoms with Gasteiger partial charge in [-0.25, -0.2) is 9.37 Å². The van der Waals surface area contributed by atoms with Crippen LogP contribution in [0.2, 0.25) is 0 Å². The minimum Gasteiger partial charge on any atom is -0.294 e. The highest BCUT2D eigenvalue weighted by Gasteiger charge is 2.18. The van der Waals surface area contributed by atoms with Crippen LogP contribution >= 0.6 is 23.1 Å². The Morgan fingerprint density at radius 2 is 2.17 bits per heavy atom. The van der Waals surface area contributed by atoms with E-state index in [-0.39, 0.29) is 11.6 Å². The molecule has 0 radical (unpaired) electrons. The number of Topliss-reactive ketones (excluding diaryl/α,β-unsaturated/α-hetero) is 1. The van der Waals surface area contributed by atoms with E-state index in [0.717, 1.165) is 4.90 Å². The molecular formula is C13H12FNOS2. The third-order valence-electron chi connectivity index (χ3n) is 2.53. The van der Waals surface area contributed by atoms with Crippen LogP contribution in [0.4, 0.5) is 4.39 Å². The molecule has 0 aliphatic carbocycles. The van der Waals surface area contributed by atoms with Crippen molar-refractivity contribution in [2.24, 2.45) is 0 Å². The quantitative estimate of drug-likeness (QED) is 0.624. The van der Waals surface area contributed by atoms with Gasteiger partial charge in [-0.1, -0.05) is 6.07 Å². The lowest BCUT2D eigenvalue weighted by molar-refractivity contribution is 0.102. The van der Waals surface area contributed by atoms with Gasteiger partial charge in [-0.2, -0.15) is 0 Å². The summed E-state index contributed by atoms with van der Waals surface area (Å²) in [6, 6.07) is 4.95. The number of thiazole rings is 1. The maximum Gasteiger partial charge on any atom is 0.171 e. The number of benzene rings is 1. The van der Waals surface area contributed by atoms with Gasteiger partial charge in [0.05, 0.1) is 16.1 Å². The summed E-state index contributed by atoms with van der Waals surface area (Å²) in [5.41, 5.74) is 1.16. The molecule has 94 valence electrons. The predicted molar refractivity (Wildman–Crippen MR) is 74.0 cm³/mol. The van der Waals surface area contributed by atoms with Gasteiger partial charge in [-0.15, -0.1) is 23.1 Å². The first kappa shape index (κ1) is 13.2. The molecule has 0 aliphatic heterocycles. The number of halogens is 1. The van der Waals surface area contributed by atoms with Crippen LogP contribution in [0.1, 0.15) is 22.3 Å². The van der Waals surface area contributed by atoms with Crippen LogP contribution in [-0.4, -0.2) is 17.0 Å². The van der Waals surface area contributed by atoms with Crippen molar-refractivity contribution >= 4 is 28.9 Å². The molecule has 1 aromatic carbocycles. The third kappa shape index (κ3) is 2.33. The molecule has 1 aromatic heterocycles. The smallest absolute Gasteiger partial charge is 0.171 e. The van der Waals surface area contributed by atoms with Crippen molar-refractivity contribution in [3.8, 4) is 10.6 Å². The first-order valence-corrected chi connectivity index (χ1v) is 7.40. The van der Waals surface area contributed by atoms with Gasteiger partial charge in [0, 0.05) is 11.8 Å². The van der Waals surface area contributed by atoms with Crippen LogP contribution in [0.3, 0.4) is 0 Å². The normalized spacial score (nSPS) is 10.7. The minimum absolute atomic E-state index is 0.0294. The van der Waals surface area contributed by atoms with E-state index < -0.39 is 0 Å². The Labute approximate surface area is 113 Å². The van der Waals surface area contributed by atoms with Crippen molar-refractivity contribution in [1.29, 1.82) is 0 Å². The van der Waals surface area contributed by atoms with E-state index in [1.807, 2.05) is 12.3 Å². The van der Waals surface area contributed by atoms with Gasteiger partial charge in [-0.05, 0) is 25.3 Å². The summed E-state index contributed by atoms with van der Waals surface area (Å²) in [7, 11) is 0. The van der Waals surface area contributed by atoms with Gasteiger partial charge in [0.1, 0.15) is 10.8 Å². The molecule has 5 heteroatoms. The van der Waals surface area contributed by atoms with Crippen molar-refractivity contribution < 1.29 is 9.18 Å². The fraction of sp³-hybridized carbons (Fsp3) is 0.231. The van der Waals surface area contributed by atoms with E-state index in [2.05, 4.69) is 4.98 Å². The lowest BCUT2D eigenvalue weighted by Crippen LogP contribution is -1.89. The van der Waals surface area contributed by atoms with Crippen molar-refractivity contribution in [3.05, 3.63) is 34.6 Å². The monoisotopic (exact) mass is 281 g/mol. The largest absolute Gasteiger partial charge is 0.294 e. The molecule has 18 heavy (non-hydrogen) atoms. The number of hydrogen-bond acceptors (Lipinski definition) is 4. The van der Waals surface area contributed by atoms with Gasteiger partial charge < -0.3 is 0 Å². The van der Waals surface area contributed by atoms with E-state index in [4.69, 9.17) is 0 Å². The van der Waals surface area contributed by atoms with Crippen LogP contribution in [-0.2, 0) is 0 Å². The fourth-order valence-corrected chi connectivity index (χ4v) is 3.41. The molecule has 2 nitrogen and oxygen atoms in total. The van der Waals surface area contributed by atoms with E-state index in [9.17, 15) is 9.18 Å². The Morgan fingerprint density at radius 3 is 2.72 bits per heavy atom. The molecule has 0 unspecified atom stereocenters. The SMILES string of the molecule is CSc1cccc(F)c1-c1nc(C)c(C(C)=O)s1. The maximum absolute atomic E-state index is 13.9. The van der Waals surface area contributed by atoms with Gasteiger partial charge in [0.2, 0.25) is 0 Å². The molecule has 0 saturated carbocycles. The number of aryl methyl sites for hydroxylation is 1. The summed E-state index contributed by atoms with van der Waals surface area (Å²) < 4.78 is 13.9. The number of thioether (sulfide) groups is 1. The maximum atomic E-state index is 13.9. The Balaban J connectivity index is 2.62. The zero-order valence-electron chi connectivity index (χ0n) is 10.3. The number of carbonyl (C=O) groups is 1. The molecule has 2 aromatic rings. The van der Waals surface area contributed by atoms with Crippen LogP contribution in [0.5, 0.6) is 0 Å². The molecule has 2 rings (SSSR count). The van der Waals surface area contributed by atoms with E-state index in [1.54, 1.807) is 13.0 Å². The van der Waals surface area contributed by atoms with Gasteiger partial charge >= 0.3 is 0 Å². The molecule has 0 amide bonds. The van der Waals surface area contributed by atoms with Crippen LogP contribution < -0.4 is 0 Å². The lowest BCUT2D eigenvalue weighted by Gasteiger charge is -2.04. The summed E-state index contributed by atoms with van der Waals surface area (Å²) in [6.45, 7) is 3.28. The average Bonchev–Trinajstić information content (AvgIpc) is 2.70. The second-order valence-corrected chi connectivity index (χ2v) is 5.65. The number of aromatic nitrogens is 1. The summed E-state index contributed by atoms with van der Waals surface area (Å²) in [6.07, 6.45) is 1.89. The van der Waals surface area contributed by atoms with Crippen molar-refractivity contribution in [2.45, 2.75) is 18.7 Å². The third-order valence-corrected chi connectivity index (χ3v) is 4.58. The van der Waals surface area contributed by atoms with Gasteiger partial charge in [-0.3, -0.25) is 4.79 Å². The molecule has 0 spiro atoms. The molecule has 0 N–H and O–H groups in total. The molecule has 0 aliphatic rings. The Morgan fingerprint density at radius 1 is 1.44 bits per heavy atom. The average molecular weight is 281 g/mol. The fourth-order valence-electron chi connectivity index (χ4n) is 1.71. The van der Waals surface area contributed by atoms with Gasteiger partial charge in [0.25, 0.3) is 0 Å². The van der Waals surface area contributed by atoms with E-state index in [0.29, 0.717) is 21.1 Å². The van der Waals surface area contributed by atoms with Crippen LogP contribution in [0.15, 0.2) is 23.1 Å². The number of rotatable bonds is 3. The van der Waals surface area contributed by atoms with Crippen molar-refractivity contribution in [1.82, 2.24) is 4.98 Å². The first-order valence-electron chi connectivity index (χ1n) is 5.35. The zero-order chi connectivity index (χ0) is 13.3. The molecule has 1 heterocycles. The number of ketones is 1. The number of carbonyl (C=O) groups excluding carboxylic acids is 1. The highest BCUT2D eigenvalue weighted by molar-refractivity contribution is 7.98. The summed E-state index contributed by atoms with van der Waals surface area (Å²) in [5.74, 6) is -0.330. The molecular weight excluding hydrogens is 269 g/mol. The Kier molecular flexibility index (Phi) is 3.82. The van der Waals surface area contributed by atoms with E-state index >= 15 is 0 Å². The topological polar surface area (TPSA) is 30.0 Å². The number of nitrogens with zero attached hydrogens (tertiary/aromatic N) is 1. The second kappa shape index (κ2) is 5.20. The second-order valence-electron chi connectivity index (χ2n) is 3.81. The predicted octanol–water partition coefficient (Wildman–Crippen LogP) is 4.18. The Bertz CT molecular complexity index is 607. The first-order chi connectivity index (χ1) is 8.54. The highest BCUT2D eigenvalue weighted by atomic mass is 32.2. The minimum atomic E-state index is -0.300. The summed E-state index contributed by atoms with van der Waals surface area (Å²) in [4.78, 5) is 17.2. The van der Waals surface area contributed by atoms with Crippen molar-refractivity contribution in [3.63, 3.8) is 0 Å². The van der Waals surface area contributed by atoms with Crippen molar-refractivity contribution in [2.75, 3.05) is 6.26 Å². The Hall–Kier alpha value is -1.20. The van der Waals surface area contributed by atoms with Gasteiger partial charge in [0.15, 0.2) is 5.78 Å². The molecule has 0 saturated heterocycles. The highest BCUT2D eigenvalue weighted by Crippen LogP contribution is 2.36. The molecule has 0 bridgehead atoms.